The Balaban J connectivity index is 1.59. The summed E-state index contributed by atoms with van der Waals surface area (Å²) in [5.74, 6) is 1.24. The highest BCUT2D eigenvalue weighted by molar-refractivity contribution is 7.10. The van der Waals surface area contributed by atoms with Crippen LogP contribution in [0.1, 0.15) is 55.2 Å². The molecule has 30 heavy (non-hydrogen) atoms. The van der Waals surface area contributed by atoms with Gasteiger partial charge in [-0.25, -0.2) is 0 Å². The number of benzene rings is 1. The zero-order valence-corrected chi connectivity index (χ0v) is 18.8. The van der Waals surface area contributed by atoms with Crippen LogP contribution in [0.4, 0.5) is 0 Å². The first-order valence-electron chi connectivity index (χ1n) is 10.8. The van der Waals surface area contributed by atoms with E-state index in [1.54, 1.807) is 18.4 Å². The van der Waals surface area contributed by atoms with Crippen molar-refractivity contribution in [2.45, 2.75) is 51.6 Å². The third-order valence-corrected chi connectivity index (χ3v) is 6.91. The summed E-state index contributed by atoms with van der Waals surface area (Å²) in [7, 11) is 1.66. The molecule has 1 aliphatic heterocycles. The maximum atomic E-state index is 13.5. The molecule has 1 aromatic carbocycles. The topological polar surface area (TPSA) is 49.9 Å². The number of fused-ring (bicyclic) bond motifs is 1. The SMILES string of the molecule is COc1ccc(C2c3ccsc3CCN2C(=O)CN(C(=O)CC(C)C)C2CC2)cc1. The molecule has 4 rings (SSSR count). The molecule has 1 fully saturated rings. The van der Waals surface area contributed by atoms with E-state index < -0.39 is 0 Å². The van der Waals surface area contributed by atoms with Crippen molar-refractivity contribution in [2.24, 2.45) is 5.92 Å². The van der Waals surface area contributed by atoms with Crippen LogP contribution in [0.5, 0.6) is 5.75 Å². The molecule has 2 aromatic rings. The molecule has 2 aliphatic rings. The maximum Gasteiger partial charge on any atom is 0.243 e. The van der Waals surface area contributed by atoms with Crippen LogP contribution in [0.2, 0.25) is 0 Å². The molecule has 0 saturated heterocycles. The lowest BCUT2D eigenvalue weighted by molar-refractivity contribution is -0.142. The number of ether oxygens (including phenoxy) is 1. The summed E-state index contributed by atoms with van der Waals surface area (Å²) in [4.78, 5) is 31.4. The van der Waals surface area contributed by atoms with Gasteiger partial charge in [-0.1, -0.05) is 26.0 Å². The summed E-state index contributed by atoms with van der Waals surface area (Å²) in [6, 6.07) is 10.2. The Hall–Kier alpha value is -2.34. The molecule has 2 amide bonds. The predicted molar refractivity (Wildman–Crippen MR) is 119 cm³/mol. The van der Waals surface area contributed by atoms with E-state index in [1.807, 2.05) is 47.9 Å². The van der Waals surface area contributed by atoms with E-state index in [0.29, 0.717) is 18.9 Å². The highest BCUT2D eigenvalue weighted by atomic mass is 32.1. The zero-order chi connectivity index (χ0) is 21.3. The second-order valence-corrected chi connectivity index (χ2v) is 9.66. The number of hydrogen-bond acceptors (Lipinski definition) is 4. The van der Waals surface area contributed by atoms with Crippen LogP contribution in [-0.2, 0) is 16.0 Å². The van der Waals surface area contributed by atoms with Gasteiger partial charge >= 0.3 is 0 Å². The molecule has 1 aliphatic carbocycles. The van der Waals surface area contributed by atoms with Crippen molar-refractivity contribution >= 4 is 23.2 Å². The summed E-state index contributed by atoms with van der Waals surface area (Å²) < 4.78 is 5.31. The Morgan fingerprint density at radius 2 is 1.93 bits per heavy atom. The first-order chi connectivity index (χ1) is 14.5. The normalized spacial score (nSPS) is 18.3. The Kier molecular flexibility index (Phi) is 6.14. The van der Waals surface area contributed by atoms with Crippen LogP contribution >= 0.6 is 11.3 Å². The highest BCUT2D eigenvalue weighted by Gasteiger charge is 2.38. The number of methoxy groups -OCH3 is 1. The lowest BCUT2D eigenvalue weighted by Crippen LogP contribution is -2.47. The molecule has 1 unspecified atom stereocenters. The number of hydrogen-bond donors (Lipinski definition) is 0. The van der Waals surface area contributed by atoms with Gasteiger partial charge in [-0.05, 0) is 59.9 Å². The van der Waals surface area contributed by atoms with Crippen LogP contribution in [0.3, 0.4) is 0 Å². The zero-order valence-electron chi connectivity index (χ0n) is 18.0. The fraction of sp³-hybridized carbons (Fsp3) is 0.500. The number of rotatable bonds is 7. The Morgan fingerprint density at radius 1 is 1.20 bits per heavy atom. The van der Waals surface area contributed by atoms with Gasteiger partial charge in [-0.2, -0.15) is 0 Å². The van der Waals surface area contributed by atoms with Crippen molar-refractivity contribution in [3.63, 3.8) is 0 Å². The molecule has 1 saturated carbocycles. The molecule has 0 radical (unpaired) electrons. The van der Waals surface area contributed by atoms with E-state index >= 15 is 0 Å². The van der Waals surface area contributed by atoms with Gasteiger partial charge in [0.2, 0.25) is 11.8 Å². The minimum atomic E-state index is -0.111. The van der Waals surface area contributed by atoms with Crippen LogP contribution in [0.15, 0.2) is 35.7 Å². The summed E-state index contributed by atoms with van der Waals surface area (Å²) >= 11 is 1.76. The lowest BCUT2D eigenvalue weighted by atomic mass is 9.93. The molecule has 0 N–H and O–H groups in total. The second-order valence-electron chi connectivity index (χ2n) is 8.66. The molecule has 160 valence electrons. The Morgan fingerprint density at radius 3 is 2.57 bits per heavy atom. The van der Waals surface area contributed by atoms with Gasteiger partial charge < -0.3 is 14.5 Å². The third-order valence-electron chi connectivity index (χ3n) is 5.91. The fourth-order valence-corrected chi connectivity index (χ4v) is 5.14. The lowest BCUT2D eigenvalue weighted by Gasteiger charge is -2.37. The second kappa shape index (κ2) is 8.80. The standard InChI is InChI=1S/C24H30N2O3S/c1-16(2)14-22(27)26(18-6-7-18)15-23(28)25-12-10-21-20(11-13-30-21)24(25)17-4-8-19(29-3)9-5-17/h4-5,8-9,11,13,16,18,24H,6-7,10,12,14-15H2,1-3H3. The van der Waals surface area contributed by atoms with Gasteiger partial charge in [-0.15, -0.1) is 11.3 Å². The van der Waals surface area contributed by atoms with Crippen LogP contribution in [0, 0.1) is 5.92 Å². The first kappa shape index (κ1) is 20.9. The van der Waals surface area contributed by atoms with E-state index in [4.69, 9.17) is 4.74 Å². The molecule has 0 bridgehead atoms. The number of thiophene rings is 1. The number of carbonyl (C=O) groups is 2. The average Bonchev–Trinajstić information content (AvgIpc) is 3.46. The largest absolute Gasteiger partial charge is 0.497 e. The van der Waals surface area contributed by atoms with Gasteiger partial charge in [0, 0.05) is 23.9 Å². The van der Waals surface area contributed by atoms with E-state index in [1.165, 1.54) is 10.4 Å². The van der Waals surface area contributed by atoms with E-state index in [2.05, 4.69) is 11.4 Å². The molecule has 0 spiro atoms. The molecule has 1 atom stereocenters. The van der Waals surface area contributed by atoms with Gasteiger partial charge in [0.25, 0.3) is 0 Å². The molecular formula is C24H30N2O3S. The van der Waals surface area contributed by atoms with Crippen LogP contribution < -0.4 is 4.74 Å². The average molecular weight is 427 g/mol. The van der Waals surface area contributed by atoms with E-state index in [-0.39, 0.29) is 30.4 Å². The van der Waals surface area contributed by atoms with Crippen LogP contribution in [-0.4, -0.2) is 47.9 Å². The van der Waals surface area contributed by atoms with E-state index in [9.17, 15) is 9.59 Å². The molecular weight excluding hydrogens is 396 g/mol. The number of amides is 2. The third kappa shape index (κ3) is 4.38. The number of carbonyl (C=O) groups excluding carboxylic acids is 2. The summed E-state index contributed by atoms with van der Waals surface area (Å²) in [6.07, 6.45) is 3.39. The summed E-state index contributed by atoms with van der Waals surface area (Å²) in [5.41, 5.74) is 2.28. The van der Waals surface area contributed by atoms with Crippen molar-refractivity contribution in [2.75, 3.05) is 20.2 Å². The predicted octanol–water partition coefficient (Wildman–Crippen LogP) is 4.27. The quantitative estimate of drug-likeness (QED) is 0.664. The van der Waals surface area contributed by atoms with E-state index in [0.717, 1.165) is 30.6 Å². The highest BCUT2D eigenvalue weighted by Crippen LogP contribution is 2.38. The first-order valence-corrected chi connectivity index (χ1v) is 11.6. The summed E-state index contributed by atoms with van der Waals surface area (Å²) in [5, 5.41) is 2.11. The van der Waals surface area contributed by atoms with Crippen molar-refractivity contribution < 1.29 is 14.3 Å². The minimum Gasteiger partial charge on any atom is -0.497 e. The summed E-state index contributed by atoms with van der Waals surface area (Å²) in [6.45, 7) is 4.96. The Bertz CT molecular complexity index is 901. The smallest absolute Gasteiger partial charge is 0.243 e. The van der Waals surface area contributed by atoms with Gasteiger partial charge in [0.05, 0.1) is 13.2 Å². The van der Waals surface area contributed by atoms with Crippen molar-refractivity contribution in [1.29, 1.82) is 0 Å². The maximum absolute atomic E-state index is 13.5. The van der Waals surface area contributed by atoms with Crippen molar-refractivity contribution in [1.82, 2.24) is 9.80 Å². The fourth-order valence-electron chi connectivity index (χ4n) is 4.24. The van der Waals surface area contributed by atoms with Gasteiger partial charge in [-0.3, -0.25) is 9.59 Å². The van der Waals surface area contributed by atoms with Crippen LogP contribution in [0.25, 0.3) is 0 Å². The molecule has 6 heteroatoms. The van der Waals surface area contributed by atoms with Crippen molar-refractivity contribution in [3.05, 3.63) is 51.7 Å². The molecule has 2 heterocycles. The number of nitrogens with zero attached hydrogens (tertiary/aromatic N) is 2. The molecule has 1 aromatic heterocycles. The van der Waals surface area contributed by atoms with Crippen molar-refractivity contribution in [3.8, 4) is 5.75 Å². The van der Waals surface area contributed by atoms with Gasteiger partial charge in [0.1, 0.15) is 12.3 Å². The monoisotopic (exact) mass is 426 g/mol. The Labute approximate surface area is 182 Å². The molecule has 5 nitrogen and oxygen atoms in total. The van der Waals surface area contributed by atoms with Gasteiger partial charge in [0.15, 0.2) is 0 Å². The minimum absolute atomic E-state index is 0.0386.